The van der Waals surface area contributed by atoms with Crippen LogP contribution in [0, 0.1) is 11.3 Å². The Morgan fingerprint density at radius 2 is 1.77 bits per heavy atom. The second-order valence-corrected chi connectivity index (χ2v) is 11.7. The van der Waals surface area contributed by atoms with Crippen molar-refractivity contribution < 1.29 is 28.6 Å². The van der Waals surface area contributed by atoms with E-state index < -0.39 is 11.9 Å². The van der Waals surface area contributed by atoms with Gasteiger partial charge in [-0.2, -0.15) is 5.10 Å². The van der Waals surface area contributed by atoms with Crippen LogP contribution < -0.4 is 4.74 Å². The molecule has 1 aromatic heterocycles. The SMILES string of the molecule is CCOC(=O)CCCCCCCCOc1cccc2c3n(nc12)C[C@@H](C(C)(C)C)N1CC(C(=O)OC)C(=O)C=C31. The lowest BCUT2D eigenvalue weighted by molar-refractivity contribution is -0.149. The third kappa shape index (κ3) is 6.50. The molecule has 0 saturated heterocycles. The summed E-state index contributed by atoms with van der Waals surface area (Å²) in [4.78, 5) is 39.0. The molecule has 40 heavy (non-hydrogen) atoms. The van der Waals surface area contributed by atoms with E-state index in [4.69, 9.17) is 19.3 Å². The van der Waals surface area contributed by atoms with E-state index in [0.717, 1.165) is 66.6 Å². The Morgan fingerprint density at radius 3 is 2.48 bits per heavy atom. The number of benzene rings is 1. The lowest BCUT2D eigenvalue weighted by atomic mass is 9.81. The van der Waals surface area contributed by atoms with Crippen LogP contribution in [0.15, 0.2) is 24.3 Å². The predicted molar refractivity (Wildman–Crippen MR) is 153 cm³/mol. The normalized spacial score (nSPS) is 18.7. The van der Waals surface area contributed by atoms with E-state index in [1.54, 1.807) is 6.08 Å². The van der Waals surface area contributed by atoms with Gasteiger partial charge in [-0.15, -0.1) is 0 Å². The minimum absolute atomic E-state index is 0.0440. The summed E-state index contributed by atoms with van der Waals surface area (Å²) in [6.45, 7) is 10.3. The standard InChI is InChI=1S/C31H43N3O6/c1-6-39-27(36)16-11-9-7-8-10-12-17-40-25-15-13-14-21-28(25)32-34-20-26(31(2,3)4)33-19-22(30(37)38-5)24(35)18-23(33)29(21)34/h13-15,18,22,26H,6-12,16-17,19-20H2,1-5H3/t22?,26-/m0/s1. The van der Waals surface area contributed by atoms with Crippen LogP contribution in [0.25, 0.3) is 16.6 Å². The molecule has 0 saturated carbocycles. The Labute approximate surface area is 236 Å². The molecule has 0 spiro atoms. The van der Waals surface area contributed by atoms with Crippen molar-refractivity contribution in [2.24, 2.45) is 11.3 Å². The third-order valence-electron chi connectivity index (χ3n) is 7.83. The molecular weight excluding hydrogens is 510 g/mol. The number of rotatable bonds is 12. The summed E-state index contributed by atoms with van der Waals surface area (Å²) in [5, 5.41) is 5.90. The van der Waals surface area contributed by atoms with Crippen molar-refractivity contribution in [3.63, 3.8) is 0 Å². The lowest BCUT2D eigenvalue weighted by Gasteiger charge is -2.48. The van der Waals surface area contributed by atoms with E-state index in [1.807, 2.05) is 29.8 Å². The molecule has 2 atom stereocenters. The molecule has 0 N–H and O–H groups in total. The summed E-state index contributed by atoms with van der Waals surface area (Å²) < 4.78 is 18.1. The molecule has 0 aliphatic carbocycles. The molecule has 4 rings (SSSR count). The highest BCUT2D eigenvalue weighted by atomic mass is 16.5. The minimum atomic E-state index is -0.823. The molecule has 1 unspecified atom stereocenters. The first kappa shape index (κ1) is 29.6. The van der Waals surface area contributed by atoms with Gasteiger partial charge in [0.1, 0.15) is 17.2 Å². The molecule has 2 aliphatic heterocycles. The van der Waals surface area contributed by atoms with Crippen LogP contribution in [-0.2, 0) is 30.4 Å². The van der Waals surface area contributed by atoms with Crippen molar-refractivity contribution >= 4 is 34.3 Å². The summed E-state index contributed by atoms with van der Waals surface area (Å²) in [5.41, 5.74) is 2.36. The highest BCUT2D eigenvalue weighted by Gasteiger charge is 2.44. The van der Waals surface area contributed by atoms with Crippen molar-refractivity contribution in [3.05, 3.63) is 30.0 Å². The first-order valence-corrected chi connectivity index (χ1v) is 14.5. The van der Waals surface area contributed by atoms with Crippen molar-refractivity contribution in [2.45, 2.75) is 85.2 Å². The smallest absolute Gasteiger partial charge is 0.318 e. The number of hydrogen-bond acceptors (Lipinski definition) is 8. The highest BCUT2D eigenvalue weighted by molar-refractivity contribution is 6.11. The highest BCUT2D eigenvalue weighted by Crippen LogP contribution is 2.42. The lowest BCUT2D eigenvalue weighted by Crippen LogP contribution is -2.54. The van der Waals surface area contributed by atoms with Crippen LogP contribution in [0.4, 0.5) is 0 Å². The molecule has 0 amide bonds. The fraction of sp³-hybridized carbons (Fsp3) is 0.613. The quantitative estimate of drug-likeness (QED) is 0.202. The van der Waals surface area contributed by atoms with Crippen LogP contribution in [0.1, 0.15) is 78.3 Å². The molecule has 1 aromatic carbocycles. The van der Waals surface area contributed by atoms with Gasteiger partial charge in [-0.05, 0) is 31.2 Å². The molecule has 0 bridgehead atoms. The average Bonchev–Trinajstić information content (AvgIpc) is 3.30. The van der Waals surface area contributed by atoms with E-state index in [9.17, 15) is 14.4 Å². The molecule has 2 aromatic rings. The molecule has 0 fully saturated rings. The van der Waals surface area contributed by atoms with Gasteiger partial charge in [-0.1, -0.05) is 58.6 Å². The zero-order valence-corrected chi connectivity index (χ0v) is 24.5. The maximum Gasteiger partial charge on any atom is 0.318 e. The van der Waals surface area contributed by atoms with Gasteiger partial charge in [0, 0.05) is 24.4 Å². The number of methoxy groups -OCH3 is 1. The number of ketones is 1. The van der Waals surface area contributed by atoms with Crippen molar-refractivity contribution in [1.29, 1.82) is 0 Å². The molecule has 9 heteroatoms. The van der Waals surface area contributed by atoms with Crippen molar-refractivity contribution in [3.8, 4) is 5.75 Å². The molecular formula is C31H43N3O6. The Balaban J connectivity index is 1.44. The second-order valence-electron chi connectivity index (χ2n) is 11.7. The Bertz CT molecular complexity index is 1260. The van der Waals surface area contributed by atoms with E-state index >= 15 is 0 Å². The molecule has 3 heterocycles. The number of carbonyl (C=O) groups excluding carboxylic acids is 3. The number of fused-ring (bicyclic) bond motifs is 5. The van der Waals surface area contributed by atoms with Gasteiger partial charge >= 0.3 is 11.9 Å². The van der Waals surface area contributed by atoms with Crippen molar-refractivity contribution in [2.75, 3.05) is 26.9 Å². The number of unbranched alkanes of at least 4 members (excludes halogenated alkanes) is 5. The Morgan fingerprint density at radius 1 is 1.05 bits per heavy atom. The molecule has 9 nitrogen and oxygen atoms in total. The number of esters is 2. The number of ether oxygens (including phenoxy) is 3. The van der Waals surface area contributed by atoms with Crippen LogP contribution in [0.5, 0.6) is 5.75 Å². The summed E-state index contributed by atoms with van der Waals surface area (Å²) >= 11 is 0. The second kappa shape index (κ2) is 12.9. The average molecular weight is 554 g/mol. The maximum atomic E-state index is 13.0. The van der Waals surface area contributed by atoms with Crippen LogP contribution in [0.3, 0.4) is 0 Å². The fourth-order valence-electron chi connectivity index (χ4n) is 5.68. The van der Waals surface area contributed by atoms with Gasteiger partial charge in [0.25, 0.3) is 0 Å². The summed E-state index contributed by atoms with van der Waals surface area (Å²) in [5.74, 6) is -0.922. The first-order valence-electron chi connectivity index (χ1n) is 14.5. The summed E-state index contributed by atoms with van der Waals surface area (Å²) in [6, 6.07) is 5.97. The van der Waals surface area contributed by atoms with Crippen LogP contribution >= 0.6 is 0 Å². The van der Waals surface area contributed by atoms with Crippen LogP contribution in [-0.4, -0.2) is 65.3 Å². The number of carbonyl (C=O) groups is 3. The maximum absolute atomic E-state index is 13.0. The summed E-state index contributed by atoms with van der Waals surface area (Å²) in [7, 11) is 1.32. The number of aromatic nitrogens is 2. The monoisotopic (exact) mass is 553 g/mol. The van der Waals surface area contributed by atoms with Crippen LogP contribution in [0.2, 0.25) is 0 Å². The summed E-state index contributed by atoms with van der Waals surface area (Å²) in [6.07, 6.45) is 8.21. The minimum Gasteiger partial charge on any atom is -0.491 e. The zero-order chi connectivity index (χ0) is 28.9. The van der Waals surface area contributed by atoms with Gasteiger partial charge in [-0.3, -0.25) is 19.1 Å². The fourth-order valence-corrected chi connectivity index (χ4v) is 5.68. The van der Waals surface area contributed by atoms with Gasteiger partial charge in [0.15, 0.2) is 5.78 Å². The van der Waals surface area contributed by atoms with Gasteiger partial charge in [-0.25, -0.2) is 0 Å². The first-order chi connectivity index (χ1) is 19.2. The number of allylic oxidation sites excluding steroid dienone is 1. The van der Waals surface area contributed by atoms with Crippen molar-refractivity contribution in [1.82, 2.24) is 14.7 Å². The van der Waals surface area contributed by atoms with Gasteiger partial charge < -0.3 is 19.1 Å². The van der Waals surface area contributed by atoms with Gasteiger partial charge in [0.05, 0.1) is 44.3 Å². The van der Waals surface area contributed by atoms with E-state index in [2.05, 4.69) is 25.7 Å². The van der Waals surface area contributed by atoms with Gasteiger partial charge in [0.2, 0.25) is 0 Å². The molecule has 218 valence electrons. The topological polar surface area (TPSA) is 100.0 Å². The number of nitrogens with zero attached hydrogens (tertiary/aromatic N) is 3. The Hall–Kier alpha value is -3.36. The molecule has 0 radical (unpaired) electrons. The van der Waals surface area contributed by atoms with E-state index in [1.165, 1.54) is 7.11 Å². The zero-order valence-electron chi connectivity index (χ0n) is 24.5. The third-order valence-corrected chi connectivity index (χ3v) is 7.83. The predicted octanol–water partition coefficient (Wildman–Crippen LogP) is 5.15. The largest absolute Gasteiger partial charge is 0.491 e. The Kier molecular flexibility index (Phi) is 9.53. The van der Waals surface area contributed by atoms with E-state index in [0.29, 0.717) is 32.7 Å². The van der Waals surface area contributed by atoms with E-state index in [-0.39, 0.29) is 23.2 Å². The number of hydrogen-bond donors (Lipinski definition) is 0. The molecule has 2 aliphatic rings.